The number of nitrogens with one attached hydrogen (secondary N) is 1. The molecule has 4 rings (SSSR count). The van der Waals surface area contributed by atoms with E-state index in [-0.39, 0.29) is 11.9 Å². The lowest BCUT2D eigenvalue weighted by Crippen LogP contribution is -2.21. The second-order valence-electron chi connectivity index (χ2n) is 8.38. The molecule has 0 aliphatic heterocycles. The molecule has 162 valence electrons. The number of benzene rings is 2. The van der Waals surface area contributed by atoms with Crippen molar-refractivity contribution in [1.29, 1.82) is 0 Å². The number of hydrogen-bond donors (Lipinski definition) is 1. The van der Waals surface area contributed by atoms with Crippen molar-refractivity contribution in [1.82, 2.24) is 0 Å². The molecular weight excluding hydrogens is 415 g/mol. The fraction of sp³-hybridized carbons (Fsp3) is 0.360. The SMILES string of the molecule is C=Nc1ccc(F)cc1/C(=C\C)[C@H]1C[C@H]2C[C@@H](OC(=O)Nc3ccc(Cl)cc3)C[C@H]2C1. The fourth-order valence-corrected chi connectivity index (χ4v) is 5.36. The average molecular weight is 441 g/mol. The Balaban J connectivity index is 1.35. The number of anilines is 1. The predicted octanol–water partition coefficient (Wildman–Crippen LogP) is 7.27. The molecule has 0 heterocycles. The molecule has 2 saturated carbocycles. The van der Waals surface area contributed by atoms with E-state index in [1.807, 2.05) is 6.92 Å². The number of fused-ring (bicyclic) bond motifs is 1. The molecule has 2 aliphatic rings. The standard InChI is InChI=1S/C25H26ClFN2O2/c1-3-22(23-14-19(27)6-9-24(23)28-2)17-10-15-12-21(13-16(15)11-17)31-25(30)29-20-7-4-18(26)5-8-20/h3-9,14-17,21H,2,10-13H2,1H3,(H,29,30)/b22-3-/t15-,16+,17-,21+. The van der Waals surface area contributed by atoms with Crippen LogP contribution in [0.2, 0.25) is 5.02 Å². The predicted molar refractivity (Wildman–Crippen MR) is 124 cm³/mol. The maximum atomic E-state index is 13.9. The number of carbonyl (C=O) groups excluding carboxylic acids is 1. The Kier molecular flexibility index (Phi) is 6.42. The van der Waals surface area contributed by atoms with Crippen molar-refractivity contribution in [2.45, 2.75) is 38.7 Å². The molecule has 6 heteroatoms. The van der Waals surface area contributed by atoms with Gasteiger partial charge in [0.2, 0.25) is 0 Å². The quantitative estimate of drug-likeness (QED) is 0.497. The third-order valence-electron chi connectivity index (χ3n) is 6.53. The molecule has 2 aromatic carbocycles. The van der Waals surface area contributed by atoms with Gasteiger partial charge in [-0.1, -0.05) is 17.7 Å². The summed E-state index contributed by atoms with van der Waals surface area (Å²) in [5.74, 6) is 1.09. The van der Waals surface area contributed by atoms with Gasteiger partial charge in [0.05, 0.1) is 5.69 Å². The van der Waals surface area contributed by atoms with E-state index in [0.29, 0.717) is 34.2 Å². The number of hydrogen-bond acceptors (Lipinski definition) is 3. The number of allylic oxidation sites excluding steroid dienone is 2. The van der Waals surface area contributed by atoms with Gasteiger partial charge in [-0.3, -0.25) is 10.3 Å². The molecule has 0 spiro atoms. The van der Waals surface area contributed by atoms with E-state index in [1.165, 1.54) is 6.07 Å². The highest BCUT2D eigenvalue weighted by molar-refractivity contribution is 6.30. The molecule has 2 fully saturated rings. The van der Waals surface area contributed by atoms with Gasteiger partial charge in [-0.25, -0.2) is 9.18 Å². The zero-order chi connectivity index (χ0) is 22.0. The molecule has 0 saturated heterocycles. The minimum Gasteiger partial charge on any atom is -0.446 e. The van der Waals surface area contributed by atoms with Crippen molar-refractivity contribution in [3.8, 4) is 0 Å². The number of aliphatic imine (C=N–C) groups is 1. The van der Waals surface area contributed by atoms with E-state index >= 15 is 0 Å². The maximum absolute atomic E-state index is 13.9. The number of amides is 1. The van der Waals surface area contributed by atoms with Crippen LogP contribution < -0.4 is 5.32 Å². The van der Waals surface area contributed by atoms with E-state index in [4.69, 9.17) is 16.3 Å². The van der Waals surface area contributed by atoms with Crippen molar-refractivity contribution in [2.24, 2.45) is 22.7 Å². The Morgan fingerprint density at radius 1 is 1.16 bits per heavy atom. The van der Waals surface area contributed by atoms with Crippen molar-refractivity contribution < 1.29 is 13.9 Å². The van der Waals surface area contributed by atoms with Gasteiger partial charge in [-0.15, -0.1) is 0 Å². The highest BCUT2D eigenvalue weighted by Gasteiger charge is 2.44. The first-order valence-electron chi connectivity index (χ1n) is 10.6. The number of halogens is 2. The Morgan fingerprint density at radius 2 is 1.84 bits per heavy atom. The van der Waals surface area contributed by atoms with Crippen LogP contribution in [0.1, 0.15) is 38.2 Å². The van der Waals surface area contributed by atoms with Gasteiger partial charge < -0.3 is 4.74 Å². The van der Waals surface area contributed by atoms with Gasteiger partial charge in [-0.05, 0) is 105 Å². The minimum absolute atomic E-state index is 0.0723. The van der Waals surface area contributed by atoms with E-state index in [9.17, 15) is 9.18 Å². The van der Waals surface area contributed by atoms with Crippen LogP contribution in [0, 0.1) is 23.6 Å². The lowest BCUT2D eigenvalue weighted by molar-refractivity contribution is 0.109. The largest absolute Gasteiger partial charge is 0.446 e. The fourth-order valence-electron chi connectivity index (χ4n) is 5.23. The van der Waals surface area contributed by atoms with Gasteiger partial charge in [0.25, 0.3) is 0 Å². The monoisotopic (exact) mass is 440 g/mol. The molecule has 31 heavy (non-hydrogen) atoms. The van der Waals surface area contributed by atoms with E-state index in [1.54, 1.807) is 36.4 Å². The summed E-state index contributed by atoms with van der Waals surface area (Å²) in [6.07, 6.45) is 5.31. The maximum Gasteiger partial charge on any atom is 0.411 e. The summed E-state index contributed by atoms with van der Waals surface area (Å²) in [7, 11) is 0. The minimum atomic E-state index is -0.431. The topological polar surface area (TPSA) is 50.7 Å². The molecular formula is C25H26ClFN2O2. The summed E-state index contributed by atoms with van der Waals surface area (Å²) in [5, 5.41) is 3.37. The third-order valence-corrected chi connectivity index (χ3v) is 6.78. The summed E-state index contributed by atoms with van der Waals surface area (Å²) >= 11 is 5.87. The normalized spacial score (nSPS) is 25.2. The number of nitrogens with zero attached hydrogens (tertiary/aromatic N) is 1. The van der Waals surface area contributed by atoms with Crippen LogP contribution in [0.15, 0.2) is 53.5 Å². The number of ether oxygens (including phenoxy) is 1. The van der Waals surface area contributed by atoms with Crippen molar-refractivity contribution in [3.05, 3.63) is 64.9 Å². The van der Waals surface area contributed by atoms with Crippen LogP contribution >= 0.6 is 11.6 Å². The lowest BCUT2D eigenvalue weighted by Gasteiger charge is -2.20. The van der Waals surface area contributed by atoms with E-state index in [0.717, 1.165) is 36.8 Å². The summed E-state index contributed by atoms with van der Waals surface area (Å²) < 4.78 is 19.6. The first-order chi connectivity index (χ1) is 15.0. The molecule has 4 atom stereocenters. The molecule has 0 radical (unpaired) electrons. The van der Waals surface area contributed by atoms with Gasteiger partial charge in [0.1, 0.15) is 11.9 Å². The van der Waals surface area contributed by atoms with Crippen LogP contribution in [0.25, 0.3) is 5.57 Å². The molecule has 1 amide bonds. The Hall–Kier alpha value is -2.66. The highest BCUT2D eigenvalue weighted by Crippen LogP contribution is 2.52. The highest BCUT2D eigenvalue weighted by atomic mass is 35.5. The van der Waals surface area contributed by atoms with Gasteiger partial charge >= 0.3 is 6.09 Å². The summed E-state index contributed by atoms with van der Waals surface area (Å²) in [5.41, 5.74) is 3.34. The average Bonchev–Trinajstić information content (AvgIpc) is 3.29. The van der Waals surface area contributed by atoms with E-state index in [2.05, 4.69) is 23.1 Å². The molecule has 0 aromatic heterocycles. The van der Waals surface area contributed by atoms with Crippen LogP contribution in [0.5, 0.6) is 0 Å². The summed E-state index contributed by atoms with van der Waals surface area (Å²) in [4.78, 5) is 16.3. The zero-order valence-corrected chi connectivity index (χ0v) is 18.2. The first-order valence-corrected chi connectivity index (χ1v) is 11.0. The number of carbonyl (C=O) groups is 1. The molecule has 2 aliphatic carbocycles. The Morgan fingerprint density at radius 3 is 2.45 bits per heavy atom. The molecule has 2 aromatic rings. The molecule has 1 N–H and O–H groups in total. The second-order valence-corrected chi connectivity index (χ2v) is 8.82. The third kappa shape index (κ3) is 4.82. The van der Waals surface area contributed by atoms with Gasteiger partial charge in [-0.2, -0.15) is 0 Å². The lowest BCUT2D eigenvalue weighted by atomic mass is 9.88. The van der Waals surface area contributed by atoms with Crippen LogP contribution in [-0.2, 0) is 4.74 Å². The number of rotatable bonds is 5. The van der Waals surface area contributed by atoms with Gasteiger partial charge in [0.15, 0.2) is 0 Å². The van der Waals surface area contributed by atoms with Crippen molar-refractivity contribution >= 4 is 41.4 Å². The Bertz CT molecular complexity index is 991. The smallest absolute Gasteiger partial charge is 0.411 e. The molecule has 4 nitrogen and oxygen atoms in total. The second kappa shape index (κ2) is 9.23. The Labute approximate surface area is 187 Å². The molecule has 0 bridgehead atoms. The van der Waals surface area contributed by atoms with Crippen LogP contribution in [-0.4, -0.2) is 18.9 Å². The van der Waals surface area contributed by atoms with Crippen molar-refractivity contribution in [2.75, 3.05) is 5.32 Å². The van der Waals surface area contributed by atoms with Crippen molar-refractivity contribution in [3.63, 3.8) is 0 Å². The summed E-state index contributed by atoms with van der Waals surface area (Å²) in [6, 6.07) is 11.6. The van der Waals surface area contributed by atoms with Crippen LogP contribution in [0.3, 0.4) is 0 Å². The van der Waals surface area contributed by atoms with Crippen LogP contribution in [0.4, 0.5) is 20.6 Å². The first kappa shape index (κ1) is 21.6. The summed E-state index contributed by atoms with van der Waals surface area (Å²) in [6.45, 7) is 5.63. The zero-order valence-electron chi connectivity index (χ0n) is 17.5. The van der Waals surface area contributed by atoms with Gasteiger partial charge in [0, 0.05) is 16.3 Å². The molecule has 0 unspecified atom stereocenters. The van der Waals surface area contributed by atoms with E-state index < -0.39 is 6.09 Å².